The van der Waals surface area contributed by atoms with Crippen molar-refractivity contribution in [3.05, 3.63) is 7.05 Å². The zero-order chi connectivity index (χ0) is 5.33. The summed E-state index contributed by atoms with van der Waals surface area (Å²) in [7, 11) is 3.75. The Morgan fingerprint density at radius 2 is 2.14 bits per heavy atom. The van der Waals surface area contributed by atoms with Crippen LogP contribution in [-0.4, -0.2) is 5.54 Å². The molecule has 0 amide bonds. The van der Waals surface area contributed by atoms with Crippen LogP contribution in [0.15, 0.2) is 0 Å². The Balaban J connectivity index is 2.29. The highest BCUT2D eigenvalue weighted by atomic mass is 14.9. The second-order valence-electron chi connectivity index (χ2n) is 2.71. The van der Waals surface area contributed by atoms with E-state index in [9.17, 15) is 0 Å². The molecule has 1 nitrogen and oxygen atoms in total. The summed E-state index contributed by atoms with van der Waals surface area (Å²) in [6.07, 6.45) is 4.12. The van der Waals surface area contributed by atoms with Crippen LogP contribution in [0, 0.1) is 7.05 Å². The molecule has 0 aromatic rings. The summed E-state index contributed by atoms with van der Waals surface area (Å²) < 4.78 is 0. The average molecular weight is 99.2 g/mol. The molecule has 0 aromatic heterocycles. The lowest BCUT2D eigenvalue weighted by atomic mass is 9.79. The predicted octanol–water partition coefficient (Wildman–Crippen LogP) is 0.284. The largest absolute Gasteiger partial charge is 0.474 e. The first-order valence-electron chi connectivity index (χ1n) is 2.90. The standard InChI is InChI=1S/C6H13N/c1-6(7-2)4-3-5-6/h2-5,7H2,1H3. The first-order valence-corrected chi connectivity index (χ1v) is 2.90. The lowest BCUT2D eigenvalue weighted by molar-refractivity contribution is -0.685. The summed E-state index contributed by atoms with van der Waals surface area (Å²) >= 11 is 0. The maximum absolute atomic E-state index is 3.75. The van der Waals surface area contributed by atoms with Crippen molar-refractivity contribution in [2.24, 2.45) is 0 Å². The van der Waals surface area contributed by atoms with Crippen molar-refractivity contribution in [1.82, 2.24) is 0 Å². The van der Waals surface area contributed by atoms with Crippen molar-refractivity contribution in [2.45, 2.75) is 31.7 Å². The summed E-state index contributed by atoms with van der Waals surface area (Å²) in [5, 5.41) is 2.08. The summed E-state index contributed by atoms with van der Waals surface area (Å²) in [6.45, 7) is 2.27. The predicted molar refractivity (Wildman–Crippen MR) is 29.5 cm³/mol. The van der Waals surface area contributed by atoms with E-state index in [4.69, 9.17) is 0 Å². The molecule has 0 atom stereocenters. The van der Waals surface area contributed by atoms with Crippen LogP contribution in [0.5, 0.6) is 0 Å². The molecule has 0 bridgehead atoms. The summed E-state index contributed by atoms with van der Waals surface area (Å²) in [5.74, 6) is 0. The van der Waals surface area contributed by atoms with E-state index in [-0.39, 0.29) is 0 Å². The normalized spacial score (nSPS) is 26.6. The van der Waals surface area contributed by atoms with Gasteiger partial charge in [0.15, 0.2) is 0 Å². The molecule has 0 aliphatic heterocycles. The fourth-order valence-corrected chi connectivity index (χ4v) is 0.939. The number of hydrogen-bond acceptors (Lipinski definition) is 0. The highest BCUT2D eigenvalue weighted by molar-refractivity contribution is 4.81. The quantitative estimate of drug-likeness (QED) is 0.455. The molecule has 1 fully saturated rings. The second kappa shape index (κ2) is 1.48. The molecule has 0 spiro atoms. The van der Waals surface area contributed by atoms with Crippen LogP contribution >= 0.6 is 0 Å². The maximum atomic E-state index is 3.75. The van der Waals surface area contributed by atoms with Crippen molar-refractivity contribution in [1.29, 1.82) is 0 Å². The average Bonchev–Trinajstić information content (AvgIpc) is 1.61. The van der Waals surface area contributed by atoms with E-state index >= 15 is 0 Å². The van der Waals surface area contributed by atoms with Gasteiger partial charge in [0, 0.05) is 0 Å². The van der Waals surface area contributed by atoms with Crippen molar-refractivity contribution in [3.63, 3.8) is 0 Å². The van der Waals surface area contributed by atoms with Crippen molar-refractivity contribution < 1.29 is 5.32 Å². The van der Waals surface area contributed by atoms with Gasteiger partial charge in [0.05, 0.1) is 5.54 Å². The van der Waals surface area contributed by atoms with Crippen LogP contribution in [0.25, 0.3) is 0 Å². The van der Waals surface area contributed by atoms with Gasteiger partial charge < -0.3 is 5.32 Å². The van der Waals surface area contributed by atoms with Gasteiger partial charge in [-0.1, -0.05) is 0 Å². The molecule has 7 heavy (non-hydrogen) atoms. The summed E-state index contributed by atoms with van der Waals surface area (Å²) in [6, 6.07) is 0. The molecule has 0 radical (unpaired) electrons. The second-order valence-corrected chi connectivity index (χ2v) is 2.71. The van der Waals surface area contributed by atoms with E-state index in [1.807, 2.05) is 0 Å². The van der Waals surface area contributed by atoms with Crippen molar-refractivity contribution in [3.8, 4) is 0 Å². The molecule has 1 aliphatic carbocycles. The zero-order valence-electron chi connectivity index (χ0n) is 4.91. The van der Waals surface area contributed by atoms with Gasteiger partial charge in [-0.05, 0) is 26.2 Å². The van der Waals surface area contributed by atoms with Gasteiger partial charge in [-0.25, -0.2) is 0 Å². The van der Waals surface area contributed by atoms with Crippen LogP contribution in [0.2, 0.25) is 0 Å². The Hall–Kier alpha value is -0.0400. The minimum atomic E-state index is 0.528. The van der Waals surface area contributed by atoms with Crippen LogP contribution in [0.3, 0.4) is 0 Å². The number of quaternary nitrogens is 1. The Kier molecular flexibility index (Phi) is 1.08. The molecular formula is C6H13N. The lowest BCUT2D eigenvalue weighted by Gasteiger charge is -2.37. The molecule has 0 saturated heterocycles. The van der Waals surface area contributed by atoms with Crippen LogP contribution < -0.4 is 5.32 Å². The SMILES string of the molecule is [CH2-][NH2+]C1(C)CCC1. The summed E-state index contributed by atoms with van der Waals surface area (Å²) in [5.41, 5.74) is 0.528. The molecule has 2 N–H and O–H groups in total. The highest BCUT2D eigenvalue weighted by Gasteiger charge is 2.31. The van der Waals surface area contributed by atoms with Crippen LogP contribution in [-0.2, 0) is 0 Å². The van der Waals surface area contributed by atoms with E-state index in [0.717, 1.165) is 0 Å². The van der Waals surface area contributed by atoms with Crippen LogP contribution in [0.1, 0.15) is 26.2 Å². The molecule has 0 aromatic carbocycles. The van der Waals surface area contributed by atoms with E-state index in [2.05, 4.69) is 19.3 Å². The van der Waals surface area contributed by atoms with Gasteiger partial charge in [-0.3, -0.25) is 0 Å². The van der Waals surface area contributed by atoms with E-state index in [1.165, 1.54) is 19.3 Å². The Morgan fingerprint density at radius 3 is 2.14 bits per heavy atom. The summed E-state index contributed by atoms with van der Waals surface area (Å²) in [4.78, 5) is 0. The van der Waals surface area contributed by atoms with Gasteiger partial charge in [0.1, 0.15) is 0 Å². The fourth-order valence-electron chi connectivity index (χ4n) is 0.939. The maximum Gasteiger partial charge on any atom is 0.0695 e. The van der Waals surface area contributed by atoms with Gasteiger partial charge in [0.2, 0.25) is 0 Å². The number of rotatable bonds is 1. The van der Waals surface area contributed by atoms with E-state index in [1.54, 1.807) is 0 Å². The van der Waals surface area contributed by atoms with Gasteiger partial charge >= 0.3 is 0 Å². The molecule has 1 rings (SSSR count). The van der Waals surface area contributed by atoms with Gasteiger partial charge in [0.25, 0.3) is 0 Å². The smallest absolute Gasteiger partial charge is 0.0695 e. The zero-order valence-corrected chi connectivity index (χ0v) is 4.91. The first-order chi connectivity index (χ1) is 3.27. The first kappa shape index (κ1) is 5.10. The third-order valence-corrected chi connectivity index (χ3v) is 1.99. The Labute approximate surface area is 45.1 Å². The topological polar surface area (TPSA) is 16.6 Å². The number of hydrogen-bond donors (Lipinski definition) is 1. The molecule has 42 valence electrons. The molecule has 1 heteroatoms. The monoisotopic (exact) mass is 99.1 g/mol. The third kappa shape index (κ3) is 0.778. The van der Waals surface area contributed by atoms with Crippen molar-refractivity contribution in [2.75, 3.05) is 0 Å². The van der Waals surface area contributed by atoms with Crippen LogP contribution in [0.4, 0.5) is 0 Å². The Bertz CT molecular complexity index is 59.1. The molecule has 0 unspecified atom stereocenters. The molecule has 1 saturated carbocycles. The fraction of sp³-hybridized carbons (Fsp3) is 0.833. The van der Waals surface area contributed by atoms with Crippen molar-refractivity contribution >= 4 is 0 Å². The van der Waals surface area contributed by atoms with E-state index < -0.39 is 0 Å². The van der Waals surface area contributed by atoms with Gasteiger partial charge in [-0.2, -0.15) is 7.05 Å². The molecular weight excluding hydrogens is 86.1 g/mol. The minimum Gasteiger partial charge on any atom is -0.474 e. The lowest BCUT2D eigenvalue weighted by Crippen LogP contribution is -2.92. The molecule has 1 aliphatic rings. The Morgan fingerprint density at radius 1 is 1.57 bits per heavy atom. The third-order valence-electron chi connectivity index (χ3n) is 1.99. The number of nitrogens with two attached hydrogens (primary N) is 1. The molecule has 0 heterocycles. The van der Waals surface area contributed by atoms with E-state index in [0.29, 0.717) is 5.54 Å². The minimum absolute atomic E-state index is 0.528. The highest BCUT2D eigenvalue weighted by Crippen LogP contribution is 2.26. The van der Waals surface area contributed by atoms with Gasteiger partial charge in [-0.15, -0.1) is 0 Å².